The number of urea groups is 1. The van der Waals surface area contributed by atoms with Gasteiger partial charge in [-0.05, 0) is 54.4 Å². The molecule has 1 N–H and O–H groups in total. The Bertz CT molecular complexity index is 1380. The first-order chi connectivity index (χ1) is 17.0. The van der Waals surface area contributed by atoms with Gasteiger partial charge in [0, 0.05) is 11.3 Å². The first kappa shape index (κ1) is 22.3. The molecule has 0 spiro atoms. The molecule has 1 aliphatic heterocycles. The van der Waals surface area contributed by atoms with Crippen LogP contribution in [-0.4, -0.2) is 28.2 Å². The zero-order valence-electron chi connectivity index (χ0n) is 19.2. The van der Waals surface area contributed by atoms with E-state index in [0.717, 1.165) is 11.1 Å². The fraction of sp³-hybridized carbons (Fsp3) is 0.148. The van der Waals surface area contributed by atoms with Crippen molar-refractivity contribution in [3.05, 3.63) is 107 Å². The molecule has 1 unspecified atom stereocenters. The lowest BCUT2D eigenvalue weighted by molar-refractivity contribution is 0.203. The Morgan fingerprint density at radius 3 is 2.54 bits per heavy atom. The minimum Gasteiger partial charge on any atom is -0.497 e. The Labute approximate surface area is 201 Å². The average molecular weight is 471 g/mol. The number of nitrogens with one attached hydrogen (secondary N) is 1. The van der Waals surface area contributed by atoms with Gasteiger partial charge in [0.2, 0.25) is 5.82 Å². The normalized spacial score (nSPS) is 15.8. The molecule has 0 bridgehead atoms. The van der Waals surface area contributed by atoms with Crippen LogP contribution in [0.15, 0.2) is 89.1 Å². The lowest BCUT2D eigenvalue weighted by Crippen LogP contribution is -2.45. The molecular weight excluding hydrogens is 447 g/mol. The summed E-state index contributed by atoms with van der Waals surface area (Å²) in [4.78, 5) is 19.4. The van der Waals surface area contributed by atoms with Crippen molar-refractivity contribution in [1.29, 1.82) is 0 Å². The van der Waals surface area contributed by atoms with Crippen LogP contribution in [0.5, 0.6) is 5.75 Å². The maximum Gasteiger partial charge on any atom is 0.322 e. The van der Waals surface area contributed by atoms with Gasteiger partial charge in [0.05, 0.1) is 25.3 Å². The summed E-state index contributed by atoms with van der Waals surface area (Å²) in [5.74, 6) is 0.965. The van der Waals surface area contributed by atoms with Gasteiger partial charge in [-0.25, -0.2) is 9.18 Å². The topological polar surface area (TPSA) is 80.5 Å². The Kier molecular flexibility index (Phi) is 6.01. The van der Waals surface area contributed by atoms with E-state index in [1.54, 1.807) is 24.1 Å². The highest BCUT2D eigenvalue weighted by Gasteiger charge is 2.36. The van der Waals surface area contributed by atoms with Crippen molar-refractivity contribution in [2.24, 2.45) is 0 Å². The van der Waals surface area contributed by atoms with E-state index in [1.165, 1.54) is 12.1 Å². The van der Waals surface area contributed by atoms with Crippen LogP contribution in [0.1, 0.15) is 30.0 Å². The fourth-order valence-corrected chi connectivity index (χ4v) is 4.14. The molecule has 3 aromatic carbocycles. The molecule has 2 heterocycles. The number of aromatic nitrogens is 2. The highest BCUT2D eigenvalue weighted by molar-refractivity contribution is 5.86. The van der Waals surface area contributed by atoms with Gasteiger partial charge in [-0.2, -0.15) is 4.98 Å². The van der Waals surface area contributed by atoms with Crippen LogP contribution >= 0.6 is 0 Å². The summed E-state index contributed by atoms with van der Waals surface area (Å²) in [5.41, 5.74) is 3.56. The van der Waals surface area contributed by atoms with Crippen molar-refractivity contribution in [1.82, 2.24) is 20.4 Å². The van der Waals surface area contributed by atoms with E-state index in [9.17, 15) is 9.18 Å². The number of halogens is 1. The van der Waals surface area contributed by atoms with E-state index in [0.29, 0.717) is 35.0 Å². The molecule has 0 radical (unpaired) electrons. The highest BCUT2D eigenvalue weighted by atomic mass is 19.1. The summed E-state index contributed by atoms with van der Waals surface area (Å²) >= 11 is 0. The summed E-state index contributed by atoms with van der Waals surface area (Å²) in [6.45, 7) is 2.19. The summed E-state index contributed by atoms with van der Waals surface area (Å²) in [5, 5.41) is 7.15. The minimum absolute atomic E-state index is 0.251. The van der Waals surface area contributed by atoms with Gasteiger partial charge < -0.3 is 14.6 Å². The Morgan fingerprint density at radius 1 is 1.06 bits per heavy atom. The van der Waals surface area contributed by atoms with Crippen LogP contribution in [0.25, 0.3) is 17.0 Å². The maximum atomic E-state index is 14.1. The standard InChI is InChI=1S/C27H23FN4O3/c1-17-23(26-30-25(31-35-26)19-11-13-22(34-2)14-12-19)24(20-9-6-10-21(28)15-20)29-27(33)32(17)16-18-7-4-3-5-8-18/h3-15,24H,16H2,1-2H3,(H,29,33). The van der Waals surface area contributed by atoms with E-state index < -0.39 is 11.9 Å². The van der Waals surface area contributed by atoms with Gasteiger partial charge >= 0.3 is 6.03 Å². The summed E-state index contributed by atoms with van der Waals surface area (Å²) in [7, 11) is 1.60. The number of hydrogen-bond donors (Lipinski definition) is 1. The second kappa shape index (κ2) is 9.42. The van der Waals surface area contributed by atoms with Crippen LogP contribution in [-0.2, 0) is 6.54 Å². The van der Waals surface area contributed by atoms with Crippen LogP contribution in [0.2, 0.25) is 0 Å². The van der Waals surface area contributed by atoms with Gasteiger partial charge in [0.25, 0.3) is 5.89 Å². The summed E-state index contributed by atoms with van der Waals surface area (Å²) in [6, 6.07) is 22.1. The molecule has 1 aromatic heterocycles. The van der Waals surface area contributed by atoms with E-state index in [2.05, 4.69) is 15.5 Å². The zero-order chi connectivity index (χ0) is 24.4. The Hall–Kier alpha value is -4.46. The third-order valence-corrected chi connectivity index (χ3v) is 5.97. The van der Waals surface area contributed by atoms with Crippen molar-refractivity contribution in [2.75, 3.05) is 7.11 Å². The molecule has 176 valence electrons. The number of methoxy groups -OCH3 is 1. The third kappa shape index (κ3) is 4.50. The monoisotopic (exact) mass is 470 g/mol. The first-order valence-corrected chi connectivity index (χ1v) is 11.1. The van der Waals surface area contributed by atoms with Crippen molar-refractivity contribution < 1.29 is 18.4 Å². The van der Waals surface area contributed by atoms with Crippen molar-refractivity contribution in [3.63, 3.8) is 0 Å². The molecular formula is C27H23FN4O3. The van der Waals surface area contributed by atoms with E-state index in [4.69, 9.17) is 9.26 Å². The van der Waals surface area contributed by atoms with Gasteiger partial charge in [-0.3, -0.25) is 4.90 Å². The minimum atomic E-state index is -0.658. The molecule has 2 amide bonds. The van der Waals surface area contributed by atoms with Crippen LogP contribution < -0.4 is 10.1 Å². The lowest BCUT2D eigenvalue weighted by Gasteiger charge is -2.35. The molecule has 0 aliphatic carbocycles. The van der Waals surface area contributed by atoms with E-state index in [1.807, 2.05) is 61.5 Å². The Balaban J connectivity index is 1.58. The molecule has 0 fully saturated rings. The number of benzene rings is 3. The Morgan fingerprint density at radius 2 is 1.83 bits per heavy atom. The van der Waals surface area contributed by atoms with Gasteiger partial charge in [-0.15, -0.1) is 0 Å². The number of hydrogen-bond acceptors (Lipinski definition) is 5. The molecule has 7 nitrogen and oxygen atoms in total. The smallest absolute Gasteiger partial charge is 0.322 e. The number of carbonyl (C=O) groups is 1. The number of rotatable bonds is 6. The van der Waals surface area contributed by atoms with Crippen LogP contribution in [0, 0.1) is 5.82 Å². The maximum absolute atomic E-state index is 14.1. The molecule has 35 heavy (non-hydrogen) atoms. The molecule has 0 saturated heterocycles. The number of amides is 2. The number of nitrogens with zero attached hydrogens (tertiary/aromatic N) is 3. The second-order valence-electron chi connectivity index (χ2n) is 8.16. The number of ether oxygens (including phenoxy) is 1. The predicted octanol–water partition coefficient (Wildman–Crippen LogP) is 5.58. The lowest BCUT2D eigenvalue weighted by atomic mass is 9.94. The van der Waals surface area contributed by atoms with E-state index in [-0.39, 0.29) is 11.9 Å². The van der Waals surface area contributed by atoms with Crippen LogP contribution in [0.3, 0.4) is 0 Å². The molecule has 1 atom stereocenters. The van der Waals surface area contributed by atoms with Gasteiger partial charge in [-0.1, -0.05) is 47.6 Å². The third-order valence-electron chi connectivity index (χ3n) is 5.97. The van der Waals surface area contributed by atoms with Crippen molar-refractivity contribution in [2.45, 2.75) is 19.5 Å². The van der Waals surface area contributed by atoms with Crippen molar-refractivity contribution >= 4 is 11.6 Å². The SMILES string of the molecule is COc1ccc(-c2noc(C3=C(C)N(Cc4ccccc4)C(=O)NC3c3cccc(F)c3)n2)cc1. The molecule has 0 saturated carbocycles. The van der Waals surface area contributed by atoms with Gasteiger partial charge in [0.15, 0.2) is 0 Å². The predicted molar refractivity (Wildman–Crippen MR) is 129 cm³/mol. The zero-order valence-corrected chi connectivity index (χ0v) is 19.2. The number of carbonyl (C=O) groups excluding carboxylic acids is 1. The quantitative estimate of drug-likeness (QED) is 0.398. The fourth-order valence-electron chi connectivity index (χ4n) is 4.14. The molecule has 8 heteroatoms. The highest BCUT2D eigenvalue weighted by Crippen LogP contribution is 2.38. The molecule has 4 aromatic rings. The summed E-state index contributed by atoms with van der Waals surface area (Å²) in [6.07, 6.45) is 0. The largest absolute Gasteiger partial charge is 0.497 e. The summed E-state index contributed by atoms with van der Waals surface area (Å²) < 4.78 is 25.0. The van der Waals surface area contributed by atoms with Crippen LogP contribution in [0.4, 0.5) is 9.18 Å². The molecule has 1 aliphatic rings. The average Bonchev–Trinajstić information content (AvgIpc) is 3.36. The number of allylic oxidation sites excluding steroid dienone is 1. The van der Waals surface area contributed by atoms with Crippen molar-refractivity contribution in [3.8, 4) is 17.1 Å². The van der Waals surface area contributed by atoms with Gasteiger partial charge in [0.1, 0.15) is 11.6 Å². The second-order valence-corrected chi connectivity index (χ2v) is 8.16. The first-order valence-electron chi connectivity index (χ1n) is 11.1. The van der Waals surface area contributed by atoms with E-state index >= 15 is 0 Å². The molecule has 5 rings (SSSR count).